The van der Waals surface area contributed by atoms with Crippen LogP contribution in [0.5, 0.6) is 0 Å². The quantitative estimate of drug-likeness (QED) is 0.724. The molecule has 0 radical (unpaired) electrons. The van der Waals surface area contributed by atoms with Gasteiger partial charge >= 0.3 is 0 Å². The normalized spacial score (nSPS) is 21.1. The van der Waals surface area contributed by atoms with Crippen molar-refractivity contribution in [3.05, 3.63) is 18.5 Å². The van der Waals surface area contributed by atoms with E-state index < -0.39 is 0 Å². The van der Waals surface area contributed by atoms with Crippen molar-refractivity contribution in [3.8, 4) is 0 Å². The average Bonchev–Trinajstić information content (AvgIpc) is 2.82. The fraction of sp³-hybridized carbons (Fsp3) is 0.600. The summed E-state index contributed by atoms with van der Waals surface area (Å²) in [4.78, 5) is 13.6. The zero-order valence-corrected chi connectivity index (χ0v) is 8.95. The third kappa shape index (κ3) is 2.59. The number of hydrogen-bond donors (Lipinski definition) is 1. The molecule has 1 N–H and O–H groups in total. The number of aliphatic hydroxyl groups excluding tert-OH is 1. The van der Waals surface area contributed by atoms with Crippen molar-refractivity contribution in [2.75, 3.05) is 26.3 Å². The van der Waals surface area contributed by atoms with Gasteiger partial charge in [-0.05, 0) is 6.07 Å². The van der Waals surface area contributed by atoms with Crippen LogP contribution in [0.1, 0.15) is 0 Å². The number of ether oxygens (including phenoxy) is 1. The van der Waals surface area contributed by atoms with Gasteiger partial charge in [0.25, 0.3) is 0 Å². The largest absolute Gasteiger partial charge is 0.394 e. The summed E-state index contributed by atoms with van der Waals surface area (Å²) in [5.41, 5.74) is 0. The molecule has 2 heterocycles. The van der Waals surface area contributed by atoms with E-state index >= 15 is 0 Å². The summed E-state index contributed by atoms with van der Waals surface area (Å²) < 4.78 is 6.87. The third-order valence-corrected chi connectivity index (χ3v) is 2.55. The highest BCUT2D eigenvalue weighted by Crippen LogP contribution is 2.05. The molecule has 6 heteroatoms. The predicted octanol–water partition coefficient (Wildman–Crippen LogP) is -0.897. The molecule has 1 aliphatic rings. The fourth-order valence-electron chi connectivity index (χ4n) is 1.69. The van der Waals surface area contributed by atoms with E-state index in [4.69, 9.17) is 9.84 Å². The lowest BCUT2D eigenvalue weighted by atomic mass is 10.3. The van der Waals surface area contributed by atoms with Crippen LogP contribution in [0.15, 0.2) is 18.5 Å². The second-order valence-corrected chi connectivity index (χ2v) is 3.72. The van der Waals surface area contributed by atoms with Crippen molar-refractivity contribution in [1.82, 2.24) is 14.7 Å². The smallest absolute Gasteiger partial charge is 0.244 e. The number of amides is 1. The van der Waals surface area contributed by atoms with Crippen molar-refractivity contribution in [1.29, 1.82) is 0 Å². The molecular weight excluding hydrogens is 210 g/mol. The minimum atomic E-state index is -0.254. The molecule has 1 amide bonds. The molecule has 0 saturated carbocycles. The predicted molar refractivity (Wildman–Crippen MR) is 55.6 cm³/mol. The van der Waals surface area contributed by atoms with Gasteiger partial charge < -0.3 is 14.7 Å². The number of hydrogen-bond acceptors (Lipinski definition) is 4. The molecule has 1 aromatic rings. The Morgan fingerprint density at radius 1 is 1.62 bits per heavy atom. The van der Waals surface area contributed by atoms with Crippen molar-refractivity contribution >= 4 is 5.91 Å². The van der Waals surface area contributed by atoms with E-state index in [0.717, 1.165) is 0 Å². The molecule has 0 aromatic carbocycles. The van der Waals surface area contributed by atoms with Crippen LogP contribution in [0.3, 0.4) is 0 Å². The number of carbonyl (C=O) groups excluding carboxylic acids is 1. The molecule has 0 bridgehead atoms. The van der Waals surface area contributed by atoms with Gasteiger partial charge in [0, 0.05) is 25.5 Å². The minimum absolute atomic E-state index is 0.00505. The minimum Gasteiger partial charge on any atom is -0.394 e. The monoisotopic (exact) mass is 225 g/mol. The van der Waals surface area contributed by atoms with E-state index in [1.54, 1.807) is 28.0 Å². The van der Waals surface area contributed by atoms with Crippen LogP contribution >= 0.6 is 0 Å². The molecule has 1 aromatic heterocycles. The standard InChI is InChI=1S/C10H15N3O3/c14-8-9-6-12(4-5-16-9)10(15)7-13-3-1-2-11-13/h1-3,9,14H,4-8H2. The highest BCUT2D eigenvalue weighted by atomic mass is 16.5. The van der Waals surface area contributed by atoms with E-state index in [1.165, 1.54) is 0 Å². The van der Waals surface area contributed by atoms with Crippen molar-refractivity contribution in [2.45, 2.75) is 12.6 Å². The molecule has 88 valence electrons. The number of morpholine rings is 1. The summed E-state index contributed by atoms with van der Waals surface area (Å²) in [6.07, 6.45) is 3.14. The summed E-state index contributed by atoms with van der Waals surface area (Å²) in [6.45, 7) is 1.71. The van der Waals surface area contributed by atoms with E-state index in [-0.39, 0.29) is 25.2 Å². The van der Waals surface area contributed by atoms with Crippen LogP contribution < -0.4 is 0 Å². The van der Waals surface area contributed by atoms with Crippen LogP contribution in [-0.2, 0) is 16.1 Å². The first-order chi connectivity index (χ1) is 7.79. The number of nitrogens with zero attached hydrogens (tertiary/aromatic N) is 3. The van der Waals surface area contributed by atoms with Gasteiger partial charge in [0.15, 0.2) is 0 Å². The van der Waals surface area contributed by atoms with E-state index in [1.807, 2.05) is 0 Å². The molecule has 16 heavy (non-hydrogen) atoms. The number of carbonyl (C=O) groups is 1. The molecule has 6 nitrogen and oxygen atoms in total. The molecule has 2 rings (SSSR count). The Morgan fingerprint density at radius 3 is 3.19 bits per heavy atom. The van der Waals surface area contributed by atoms with Gasteiger partial charge in [-0.2, -0.15) is 5.10 Å². The zero-order valence-electron chi connectivity index (χ0n) is 8.95. The summed E-state index contributed by atoms with van der Waals surface area (Å²) in [7, 11) is 0. The molecule has 1 unspecified atom stereocenters. The van der Waals surface area contributed by atoms with Gasteiger partial charge in [-0.3, -0.25) is 9.48 Å². The van der Waals surface area contributed by atoms with E-state index in [9.17, 15) is 4.79 Å². The van der Waals surface area contributed by atoms with Gasteiger partial charge in [0.05, 0.1) is 19.3 Å². The third-order valence-electron chi connectivity index (χ3n) is 2.55. The Kier molecular flexibility index (Phi) is 3.53. The maximum Gasteiger partial charge on any atom is 0.244 e. The average molecular weight is 225 g/mol. The van der Waals surface area contributed by atoms with Crippen molar-refractivity contribution in [3.63, 3.8) is 0 Å². The van der Waals surface area contributed by atoms with Crippen LogP contribution in [-0.4, -0.2) is 58.1 Å². The van der Waals surface area contributed by atoms with Crippen molar-refractivity contribution < 1.29 is 14.6 Å². The molecule has 1 aliphatic heterocycles. The van der Waals surface area contributed by atoms with Gasteiger partial charge in [-0.25, -0.2) is 0 Å². The van der Waals surface area contributed by atoms with E-state index in [0.29, 0.717) is 19.7 Å². The lowest BCUT2D eigenvalue weighted by Gasteiger charge is -2.32. The molecule has 1 saturated heterocycles. The highest BCUT2D eigenvalue weighted by molar-refractivity contribution is 5.76. The number of aromatic nitrogens is 2. The van der Waals surface area contributed by atoms with Crippen LogP contribution in [0.2, 0.25) is 0 Å². The molecular formula is C10H15N3O3. The maximum absolute atomic E-state index is 11.9. The Bertz CT molecular complexity index is 339. The Morgan fingerprint density at radius 2 is 2.50 bits per heavy atom. The van der Waals surface area contributed by atoms with Crippen LogP contribution in [0.25, 0.3) is 0 Å². The van der Waals surface area contributed by atoms with Gasteiger partial charge in [0.1, 0.15) is 6.54 Å². The van der Waals surface area contributed by atoms with Crippen LogP contribution in [0, 0.1) is 0 Å². The number of aliphatic hydroxyl groups is 1. The highest BCUT2D eigenvalue weighted by Gasteiger charge is 2.23. The SMILES string of the molecule is O=C(Cn1cccn1)N1CCOC(CO)C1. The maximum atomic E-state index is 11.9. The fourth-order valence-corrected chi connectivity index (χ4v) is 1.69. The Hall–Kier alpha value is -1.40. The summed E-state index contributed by atoms with van der Waals surface area (Å²) in [5.74, 6) is 0.00505. The van der Waals surface area contributed by atoms with Crippen molar-refractivity contribution in [2.24, 2.45) is 0 Å². The molecule has 0 aliphatic carbocycles. The lowest BCUT2D eigenvalue weighted by molar-refractivity contribution is -0.141. The summed E-state index contributed by atoms with van der Waals surface area (Å²) in [6, 6.07) is 1.78. The molecule has 1 fully saturated rings. The summed E-state index contributed by atoms with van der Waals surface area (Å²) >= 11 is 0. The first-order valence-electron chi connectivity index (χ1n) is 5.27. The Labute approximate surface area is 93.4 Å². The van der Waals surface area contributed by atoms with Gasteiger partial charge in [-0.1, -0.05) is 0 Å². The zero-order chi connectivity index (χ0) is 11.4. The molecule has 0 spiro atoms. The van der Waals surface area contributed by atoms with Gasteiger partial charge in [-0.15, -0.1) is 0 Å². The summed E-state index contributed by atoms with van der Waals surface area (Å²) in [5, 5.41) is 12.9. The second kappa shape index (κ2) is 5.09. The first-order valence-corrected chi connectivity index (χ1v) is 5.27. The Balaban J connectivity index is 1.89. The number of rotatable bonds is 3. The topological polar surface area (TPSA) is 67.6 Å². The lowest BCUT2D eigenvalue weighted by Crippen LogP contribution is -2.47. The molecule has 1 atom stereocenters. The first kappa shape index (κ1) is 11.1. The second-order valence-electron chi connectivity index (χ2n) is 3.72. The van der Waals surface area contributed by atoms with Gasteiger partial charge in [0.2, 0.25) is 5.91 Å². The van der Waals surface area contributed by atoms with E-state index in [2.05, 4.69) is 5.10 Å². The van der Waals surface area contributed by atoms with Crippen LogP contribution in [0.4, 0.5) is 0 Å².